The molecule has 1 aromatic carbocycles. The lowest BCUT2D eigenvalue weighted by Gasteiger charge is -2.32. The summed E-state index contributed by atoms with van der Waals surface area (Å²) < 4.78 is 81.4. The molecule has 0 spiro atoms. The second-order valence-corrected chi connectivity index (χ2v) is 8.32. The van der Waals surface area contributed by atoms with Crippen LogP contribution in [-0.4, -0.2) is 21.9 Å². The smallest absolute Gasteiger partial charge is 0.361 e. The van der Waals surface area contributed by atoms with Crippen molar-refractivity contribution in [3.05, 3.63) is 62.9 Å². The van der Waals surface area contributed by atoms with Crippen LogP contribution in [-0.2, 0) is 6.18 Å². The van der Waals surface area contributed by atoms with Crippen LogP contribution >= 0.6 is 22.9 Å². The second-order valence-electron chi connectivity index (χ2n) is 6.96. The summed E-state index contributed by atoms with van der Waals surface area (Å²) in [7, 11) is 0. The molecule has 1 amide bonds. The Morgan fingerprint density at radius 1 is 1.16 bits per heavy atom. The first-order chi connectivity index (χ1) is 15.0. The summed E-state index contributed by atoms with van der Waals surface area (Å²) in [6.07, 6.45) is -9.84. The molecule has 0 saturated carbocycles. The van der Waals surface area contributed by atoms with Gasteiger partial charge in [-0.2, -0.15) is 31.4 Å². The minimum Gasteiger partial charge on any atom is -0.361 e. The number of fused-ring (bicyclic) bond motifs is 1. The maximum Gasteiger partial charge on any atom is 0.418 e. The molecule has 0 radical (unpaired) electrons. The number of thiophene rings is 1. The Morgan fingerprint density at radius 3 is 2.50 bits per heavy atom. The Morgan fingerprint density at radius 2 is 1.88 bits per heavy atom. The van der Waals surface area contributed by atoms with Crippen LogP contribution < -0.4 is 10.6 Å². The van der Waals surface area contributed by atoms with E-state index in [1.165, 1.54) is 17.4 Å². The zero-order chi connectivity index (χ0) is 23.3. The highest BCUT2D eigenvalue weighted by Gasteiger charge is 2.48. The van der Waals surface area contributed by atoms with Crippen molar-refractivity contribution in [1.29, 1.82) is 0 Å². The second kappa shape index (κ2) is 8.00. The van der Waals surface area contributed by atoms with Crippen molar-refractivity contribution in [3.8, 4) is 0 Å². The van der Waals surface area contributed by atoms with E-state index in [0.717, 1.165) is 18.2 Å². The van der Waals surface area contributed by atoms with Gasteiger partial charge in [-0.25, -0.2) is 4.68 Å². The van der Waals surface area contributed by atoms with E-state index in [1.807, 2.05) is 5.32 Å². The zero-order valence-electron chi connectivity index (χ0n) is 15.8. The van der Waals surface area contributed by atoms with Crippen LogP contribution in [0.25, 0.3) is 0 Å². The van der Waals surface area contributed by atoms with E-state index in [0.29, 0.717) is 9.56 Å². The number of nitrogens with zero attached hydrogens (tertiary/aromatic N) is 2. The molecule has 3 heterocycles. The zero-order valence-corrected chi connectivity index (χ0v) is 17.3. The Hall–Kier alpha value is -2.73. The molecule has 1 aliphatic heterocycles. The molecule has 5 nitrogen and oxygen atoms in total. The molecule has 2 atom stereocenters. The fourth-order valence-corrected chi connectivity index (χ4v) is 4.49. The van der Waals surface area contributed by atoms with Crippen molar-refractivity contribution in [3.63, 3.8) is 0 Å². The number of hydrogen-bond donors (Lipinski definition) is 2. The molecule has 0 aliphatic carbocycles. The van der Waals surface area contributed by atoms with Crippen LogP contribution in [0.15, 0.2) is 41.8 Å². The van der Waals surface area contributed by atoms with Gasteiger partial charge in [0.05, 0.1) is 17.3 Å². The molecule has 0 bridgehead atoms. The standard InChI is InChI=1S/C19H13ClF6N4OS/c20-14-15(17(31)28-10-5-2-1-4-9(10)18(21,22)23)29-30-13(19(24,25)26)8-11(27-16(14)30)12-6-3-7-32-12/h1-7,11,13,27H,8H2,(H,28,31)/t11-,13+/m0/s1. The van der Waals surface area contributed by atoms with Crippen LogP contribution in [0.2, 0.25) is 5.02 Å². The molecule has 1 aliphatic rings. The number of amides is 1. The Kier molecular flexibility index (Phi) is 5.61. The highest BCUT2D eigenvalue weighted by atomic mass is 35.5. The van der Waals surface area contributed by atoms with E-state index in [2.05, 4.69) is 10.4 Å². The number of para-hydroxylation sites is 1. The summed E-state index contributed by atoms with van der Waals surface area (Å²) in [5.41, 5.74) is -2.30. The molecule has 2 aromatic heterocycles. The minimum atomic E-state index is -4.75. The summed E-state index contributed by atoms with van der Waals surface area (Å²) in [6.45, 7) is 0. The van der Waals surface area contributed by atoms with Crippen LogP contribution in [0.4, 0.5) is 37.8 Å². The molecular weight excluding hydrogens is 482 g/mol. The summed E-state index contributed by atoms with van der Waals surface area (Å²) in [5, 5.41) is 9.93. The van der Waals surface area contributed by atoms with Gasteiger partial charge in [-0.05, 0) is 23.6 Å². The summed E-state index contributed by atoms with van der Waals surface area (Å²) >= 11 is 7.44. The van der Waals surface area contributed by atoms with E-state index in [-0.39, 0.29) is 5.82 Å². The average molecular weight is 495 g/mol. The van der Waals surface area contributed by atoms with Gasteiger partial charge in [-0.3, -0.25) is 4.79 Å². The van der Waals surface area contributed by atoms with Gasteiger partial charge in [0.25, 0.3) is 5.91 Å². The number of carbonyl (C=O) groups is 1. The highest BCUT2D eigenvalue weighted by Crippen LogP contribution is 2.47. The van der Waals surface area contributed by atoms with E-state index in [1.54, 1.807) is 17.5 Å². The van der Waals surface area contributed by atoms with Crippen molar-refractivity contribution in [2.75, 3.05) is 10.6 Å². The van der Waals surface area contributed by atoms with Gasteiger partial charge in [-0.15, -0.1) is 11.3 Å². The highest BCUT2D eigenvalue weighted by molar-refractivity contribution is 7.10. The average Bonchev–Trinajstić information content (AvgIpc) is 3.35. The van der Waals surface area contributed by atoms with Crippen molar-refractivity contribution in [2.24, 2.45) is 0 Å². The maximum absolute atomic E-state index is 13.8. The topological polar surface area (TPSA) is 59.0 Å². The van der Waals surface area contributed by atoms with E-state index in [9.17, 15) is 31.1 Å². The normalized spacial score (nSPS) is 18.7. The molecule has 170 valence electrons. The number of nitrogens with one attached hydrogen (secondary N) is 2. The van der Waals surface area contributed by atoms with Crippen LogP contribution in [0.1, 0.15) is 39.4 Å². The summed E-state index contributed by atoms with van der Waals surface area (Å²) in [5.74, 6) is -1.39. The van der Waals surface area contributed by atoms with Crippen LogP contribution in [0, 0.1) is 0 Å². The molecule has 13 heteroatoms. The van der Waals surface area contributed by atoms with Gasteiger partial charge in [-0.1, -0.05) is 29.8 Å². The monoisotopic (exact) mass is 494 g/mol. The predicted molar refractivity (Wildman–Crippen MR) is 107 cm³/mol. The lowest BCUT2D eigenvalue weighted by atomic mass is 10.0. The quantitative estimate of drug-likeness (QED) is 0.407. The van der Waals surface area contributed by atoms with Crippen molar-refractivity contribution < 1.29 is 31.1 Å². The fraction of sp³-hybridized carbons (Fsp3) is 0.263. The molecule has 32 heavy (non-hydrogen) atoms. The Bertz CT molecular complexity index is 1140. The van der Waals surface area contributed by atoms with Crippen molar-refractivity contribution >= 4 is 40.4 Å². The number of carbonyl (C=O) groups excluding carboxylic acids is 1. The van der Waals surface area contributed by atoms with E-state index < -0.39 is 58.7 Å². The maximum atomic E-state index is 13.8. The van der Waals surface area contributed by atoms with Crippen LogP contribution in [0.5, 0.6) is 0 Å². The number of rotatable bonds is 3. The third-order valence-electron chi connectivity index (χ3n) is 4.88. The third-order valence-corrected chi connectivity index (χ3v) is 6.22. The minimum absolute atomic E-state index is 0.229. The molecular formula is C19H13ClF6N4OS. The fourth-order valence-electron chi connectivity index (χ4n) is 3.43. The molecule has 3 aromatic rings. The molecule has 0 fully saturated rings. The molecule has 2 N–H and O–H groups in total. The molecule has 0 saturated heterocycles. The summed E-state index contributed by atoms with van der Waals surface area (Å²) in [6, 6.07) is 4.75. The number of benzene rings is 1. The van der Waals surface area contributed by atoms with Gasteiger partial charge in [0.15, 0.2) is 11.7 Å². The first-order valence-electron chi connectivity index (χ1n) is 9.09. The summed E-state index contributed by atoms with van der Waals surface area (Å²) in [4.78, 5) is 13.3. The van der Waals surface area contributed by atoms with Gasteiger partial charge >= 0.3 is 12.4 Å². The third kappa shape index (κ3) is 4.16. The Labute approximate surface area is 186 Å². The van der Waals surface area contributed by atoms with Crippen molar-refractivity contribution in [1.82, 2.24) is 9.78 Å². The molecule has 4 rings (SSSR count). The van der Waals surface area contributed by atoms with E-state index in [4.69, 9.17) is 11.6 Å². The van der Waals surface area contributed by atoms with Gasteiger partial charge in [0.2, 0.25) is 0 Å². The lowest BCUT2D eigenvalue weighted by Crippen LogP contribution is -2.35. The number of anilines is 2. The predicted octanol–water partition coefficient (Wildman–Crippen LogP) is 6.53. The van der Waals surface area contributed by atoms with Gasteiger partial charge in [0.1, 0.15) is 10.8 Å². The van der Waals surface area contributed by atoms with Gasteiger partial charge in [0, 0.05) is 11.3 Å². The number of alkyl halides is 6. The SMILES string of the molecule is O=C(Nc1ccccc1C(F)(F)F)c1nn2c(c1Cl)N[C@H](c1cccs1)C[C@@H]2C(F)(F)F. The van der Waals surface area contributed by atoms with E-state index >= 15 is 0 Å². The van der Waals surface area contributed by atoms with Gasteiger partial charge < -0.3 is 10.6 Å². The number of aromatic nitrogens is 2. The first-order valence-corrected chi connectivity index (χ1v) is 10.3. The Balaban J connectivity index is 1.71. The molecule has 0 unspecified atom stereocenters. The number of halogens is 7. The number of hydrogen-bond acceptors (Lipinski definition) is 4. The van der Waals surface area contributed by atoms with Crippen molar-refractivity contribution in [2.45, 2.75) is 30.9 Å². The lowest BCUT2D eigenvalue weighted by molar-refractivity contribution is -0.173. The van der Waals surface area contributed by atoms with Crippen LogP contribution in [0.3, 0.4) is 0 Å². The largest absolute Gasteiger partial charge is 0.418 e. The first kappa shape index (κ1) is 22.5.